The average Bonchev–Trinajstić information content (AvgIpc) is 3.00. The maximum Gasteiger partial charge on any atom is 0.244 e. The van der Waals surface area contributed by atoms with Crippen molar-refractivity contribution in [3.63, 3.8) is 0 Å². The van der Waals surface area contributed by atoms with Crippen LogP contribution in [-0.4, -0.2) is 36.7 Å². The van der Waals surface area contributed by atoms with Crippen molar-refractivity contribution in [2.75, 3.05) is 11.6 Å². The largest absolute Gasteiger partial charge is 0.352 e. The first kappa shape index (κ1) is 19.1. The fraction of sp³-hybridized carbons (Fsp3) is 0.312. The normalized spacial score (nSPS) is 12.4. The molecule has 9 heteroatoms. The van der Waals surface area contributed by atoms with Crippen LogP contribution in [0, 0.1) is 0 Å². The Morgan fingerprint density at radius 1 is 1.24 bits per heavy atom. The van der Waals surface area contributed by atoms with Crippen LogP contribution in [0.3, 0.4) is 0 Å². The lowest BCUT2D eigenvalue weighted by Gasteiger charge is -2.07. The number of aromatic nitrogens is 1. The third kappa shape index (κ3) is 5.36. The molecule has 0 bridgehead atoms. The molecule has 0 saturated carbocycles. The van der Waals surface area contributed by atoms with E-state index in [9.17, 15) is 18.0 Å². The van der Waals surface area contributed by atoms with E-state index in [1.165, 1.54) is 25.2 Å². The van der Waals surface area contributed by atoms with Crippen molar-refractivity contribution >= 4 is 38.1 Å². The molecule has 2 N–H and O–H groups in total. The van der Waals surface area contributed by atoms with Crippen molar-refractivity contribution in [1.82, 2.24) is 10.3 Å². The van der Waals surface area contributed by atoms with Gasteiger partial charge in [-0.1, -0.05) is 24.3 Å². The average molecular weight is 381 g/mol. The maximum absolute atomic E-state index is 11.9. The molecule has 0 spiro atoms. The number of carbonyl (C=O) groups is 2. The third-order valence-electron chi connectivity index (χ3n) is 3.54. The Hall–Kier alpha value is -2.26. The quantitative estimate of drug-likeness (QED) is 0.794. The molecule has 1 heterocycles. The molecule has 2 amide bonds. The predicted octanol–water partition coefficient (Wildman–Crippen LogP) is 1.82. The Balaban J connectivity index is 2.06. The molecule has 2 aromatic rings. The molecule has 1 aromatic heterocycles. The van der Waals surface area contributed by atoms with Gasteiger partial charge in [0.25, 0.3) is 0 Å². The first-order valence-electron chi connectivity index (χ1n) is 7.46. The van der Waals surface area contributed by atoms with Crippen LogP contribution in [0.4, 0.5) is 5.13 Å². The second-order valence-electron chi connectivity index (χ2n) is 5.61. The van der Waals surface area contributed by atoms with Gasteiger partial charge in [-0.15, -0.1) is 11.3 Å². The van der Waals surface area contributed by atoms with Crippen molar-refractivity contribution in [2.45, 2.75) is 25.6 Å². The smallest absolute Gasteiger partial charge is 0.244 e. The van der Waals surface area contributed by atoms with E-state index in [4.69, 9.17) is 0 Å². The van der Waals surface area contributed by atoms with Gasteiger partial charge in [-0.2, -0.15) is 0 Å². The van der Waals surface area contributed by atoms with Gasteiger partial charge in [-0.3, -0.25) is 9.59 Å². The van der Waals surface area contributed by atoms with E-state index in [2.05, 4.69) is 15.6 Å². The van der Waals surface area contributed by atoms with Crippen molar-refractivity contribution < 1.29 is 18.0 Å². The molecule has 0 aliphatic carbocycles. The number of nitrogens with one attached hydrogen (secondary N) is 2. The molecular weight excluding hydrogens is 362 g/mol. The fourth-order valence-electron chi connectivity index (χ4n) is 1.89. The minimum atomic E-state index is -3.45. The number of rotatable bonds is 6. The molecule has 0 radical (unpaired) electrons. The number of amides is 2. The van der Waals surface area contributed by atoms with Crippen LogP contribution >= 0.6 is 11.3 Å². The first-order chi connectivity index (χ1) is 11.7. The minimum Gasteiger partial charge on any atom is -0.352 e. The highest BCUT2D eigenvalue weighted by Crippen LogP contribution is 2.25. The van der Waals surface area contributed by atoms with Crippen LogP contribution in [0.2, 0.25) is 0 Å². The molecule has 0 aliphatic rings. The highest BCUT2D eigenvalue weighted by atomic mass is 32.2. The number of thiazole rings is 1. The summed E-state index contributed by atoms with van der Waals surface area (Å²) < 4.78 is 22.8. The van der Waals surface area contributed by atoms with Gasteiger partial charge in [-0.05, 0) is 12.5 Å². The van der Waals surface area contributed by atoms with Crippen LogP contribution < -0.4 is 10.6 Å². The van der Waals surface area contributed by atoms with Crippen LogP contribution in [0.1, 0.15) is 19.4 Å². The van der Waals surface area contributed by atoms with Crippen LogP contribution in [0.15, 0.2) is 29.6 Å². The summed E-state index contributed by atoms with van der Waals surface area (Å²) in [6.07, 6.45) is 1.02. The van der Waals surface area contributed by atoms with Crippen molar-refractivity contribution in [2.24, 2.45) is 0 Å². The van der Waals surface area contributed by atoms with Gasteiger partial charge in [0.2, 0.25) is 11.8 Å². The topological polar surface area (TPSA) is 105 Å². The van der Waals surface area contributed by atoms with Crippen molar-refractivity contribution in [3.8, 4) is 11.3 Å². The monoisotopic (exact) mass is 381 g/mol. The van der Waals surface area contributed by atoms with E-state index in [-0.39, 0.29) is 5.91 Å². The van der Waals surface area contributed by atoms with Crippen molar-refractivity contribution in [1.29, 1.82) is 0 Å². The second kappa shape index (κ2) is 7.75. The summed E-state index contributed by atoms with van der Waals surface area (Å²) in [6.45, 7) is 3.26. The minimum absolute atomic E-state index is 0.0905. The molecule has 25 heavy (non-hydrogen) atoms. The first-order valence-corrected chi connectivity index (χ1v) is 10.3. The molecule has 0 unspecified atom stereocenters. The van der Waals surface area contributed by atoms with E-state index in [0.29, 0.717) is 17.4 Å². The lowest BCUT2D eigenvalue weighted by atomic mass is 10.1. The van der Waals surface area contributed by atoms with Gasteiger partial charge in [-0.25, -0.2) is 13.4 Å². The maximum atomic E-state index is 11.9. The highest BCUT2D eigenvalue weighted by Gasteiger charge is 2.24. The zero-order valence-electron chi connectivity index (χ0n) is 14.1. The number of sulfone groups is 1. The lowest BCUT2D eigenvalue weighted by Crippen LogP contribution is -2.31. The molecule has 1 atom stereocenters. The SMILES string of the molecule is CC(=O)NCc1ccc(-c2csc(NC(=O)[C@@H](C)S(C)(=O)=O)n2)cc1. The van der Waals surface area contributed by atoms with Crippen LogP contribution in [0.5, 0.6) is 0 Å². The Bertz CT molecular complexity index is 873. The molecule has 7 nitrogen and oxygen atoms in total. The standard InChI is InChI=1S/C16H19N3O4S2/c1-10(25(3,22)23)15(21)19-16-18-14(9-24-16)13-6-4-12(5-7-13)8-17-11(2)20/h4-7,9-10H,8H2,1-3H3,(H,17,20)(H,18,19,21)/t10-/m1/s1. The Morgan fingerprint density at radius 2 is 1.88 bits per heavy atom. The molecule has 0 saturated heterocycles. The van der Waals surface area contributed by atoms with Gasteiger partial charge >= 0.3 is 0 Å². The number of anilines is 1. The van der Waals surface area contributed by atoms with Crippen LogP contribution in [0.25, 0.3) is 11.3 Å². The summed E-state index contributed by atoms with van der Waals surface area (Å²) >= 11 is 1.22. The summed E-state index contributed by atoms with van der Waals surface area (Å²) in [5.41, 5.74) is 2.50. The molecule has 0 aliphatic heterocycles. The number of hydrogen-bond donors (Lipinski definition) is 2. The number of carbonyl (C=O) groups excluding carboxylic acids is 2. The number of nitrogens with zero attached hydrogens (tertiary/aromatic N) is 1. The summed E-state index contributed by atoms with van der Waals surface area (Å²) in [5.74, 6) is -0.693. The zero-order chi connectivity index (χ0) is 18.6. The van der Waals surface area contributed by atoms with E-state index in [1.54, 1.807) is 5.38 Å². The Kier molecular flexibility index (Phi) is 5.91. The third-order valence-corrected chi connectivity index (χ3v) is 5.79. The van der Waals surface area contributed by atoms with Crippen molar-refractivity contribution in [3.05, 3.63) is 35.2 Å². The molecule has 0 fully saturated rings. The Morgan fingerprint density at radius 3 is 2.44 bits per heavy atom. The van der Waals surface area contributed by atoms with E-state index >= 15 is 0 Å². The molecule has 1 aromatic carbocycles. The Labute approximate surface area is 150 Å². The summed E-state index contributed by atoms with van der Waals surface area (Å²) in [6, 6.07) is 7.51. The van der Waals surface area contributed by atoms with Gasteiger partial charge in [0, 0.05) is 30.7 Å². The summed E-state index contributed by atoms with van der Waals surface area (Å²) in [7, 11) is -3.45. The van der Waals surface area contributed by atoms with Gasteiger partial charge in [0.05, 0.1) is 5.69 Å². The predicted molar refractivity (Wildman–Crippen MR) is 98.0 cm³/mol. The number of hydrogen-bond acceptors (Lipinski definition) is 6. The van der Waals surface area contributed by atoms with Crippen LogP contribution in [-0.2, 0) is 26.0 Å². The van der Waals surface area contributed by atoms with Gasteiger partial charge in [0.15, 0.2) is 15.0 Å². The molecule has 134 valence electrons. The summed E-state index contributed by atoms with van der Waals surface area (Å²) in [5, 5.41) is 6.24. The lowest BCUT2D eigenvalue weighted by molar-refractivity contribution is -0.119. The molecule has 2 rings (SSSR count). The zero-order valence-corrected chi connectivity index (χ0v) is 15.7. The molecular formula is C16H19N3O4S2. The second-order valence-corrected chi connectivity index (χ2v) is 8.83. The summed E-state index contributed by atoms with van der Waals surface area (Å²) in [4.78, 5) is 27.1. The van der Waals surface area contributed by atoms with E-state index in [0.717, 1.165) is 17.4 Å². The highest BCUT2D eigenvalue weighted by molar-refractivity contribution is 7.92. The van der Waals surface area contributed by atoms with Gasteiger partial charge < -0.3 is 10.6 Å². The number of benzene rings is 1. The van der Waals surface area contributed by atoms with E-state index in [1.807, 2.05) is 24.3 Å². The fourth-order valence-corrected chi connectivity index (χ4v) is 3.06. The van der Waals surface area contributed by atoms with Gasteiger partial charge in [0.1, 0.15) is 5.25 Å². The van der Waals surface area contributed by atoms with E-state index < -0.39 is 21.0 Å².